The smallest absolute Gasteiger partial charge is 0.409 e. The van der Waals surface area contributed by atoms with Crippen molar-refractivity contribution >= 4 is 14.2 Å². The first-order valence-corrected chi connectivity index (χ1v) is 11.3. The minimum Gasteiger partial charge on any atom is -0.450 e. The van der Waals surface area contributed by atoms with E-state index in [2.05, 4.69) is 25.0 Å². The summed E-state index contributed by atoms with van der Waals surface area (Å²) < 4.78 is 5.43. The number of amides is 1. The second kappa shape index (κ2) is 6.26. The predicted molar refractivity (Wildman–Crippen MR) is 80.2 cm³/mol. The number of carbonyl (C=O) groups is 1. The molecule has 110 valence electrons. The van der Waals surface area contributed by atoms with Crippen LogP contribution in [0.3, 0.4) is 0 Å². The summed E-state index contributed by atoms with van der Waals surface area (Å²) in [5.74, 6) is 0.764. The van der Waals surface area contributed by atoms with Crippen LogP contribution in [0, 0.1) is 5.92 Å². The average molecular weight is 284 g/mol. The first kappa shape index (κ1) is 14.8. The van der Waals surface area contributed by atoms with Gasteiger partial charge in [0.05, 0.1) is 6.61 Å². The van der Waals surface area contributed by atoms with Crippen LogP contribution < -0.4 is 5.32 Å². The number of carbonyl (C=O) groups excluding carboxylic acids is 1. The van der Waals surface area contributed by atoms with Crippen LogP contribution in [-0.4, -0.2) is 51.4 Å². The van der Waals surface area contributed by atoms with Crippen molar-refractivity contribution in [2.75, 3.05) is 26.2 Å². The molecule has 2 aliphatic rings. The van der Waals surface area contributed by atoms with Crippen LogP contribution in [0.25, 0.3) is 0 Å². The molecule has 1 N–H and O–H groups in total. The Morgan fingerprint density at radius 2 is 2.16 bits per heavy atom. The molecule has 5 heteroatoms. The molecule has 2 atom stereocenters. The van der Waals surface area contributed by atoms with Crippen LogP contribution in [0.2, 0.25) is 25.7 Å². The van der Waals surface area contributed by atoms with Gasteiger partial charge in [-0.25, -0.2) is 4.79 Å². The lowest BCUT2D eigenvalue weighted by molar-refractivity contribution is 0.0729. The molecule has 2 rings (SSSR count). The fraction of sp³-hybridized carbons (Fsp3) is 0.929. The molecule has 0 spiro atoms. The van der Waals surface area contributed by atoms with Crippen molar-refractivity contribution in [2.24, 2.45) is 5.92 Å². The van der Waals surface area contributed by atoms with Gasteiger partial charge in [0.15, 0.2) is 0 Å². The summed E-state index contributed by atoms with van der Waals surface area (Å²) >= 11 is 0. The lowest BCUT2D eigenvalue weighted by Gasteiger charge is -2.41. The standard InChI is InChI=1S/C14H28N2O2Si/c1-19(2,3)10-9-18-14(17)16-8-6-12-5-4-7-15-13(12)11-16/h12-13,15H,4-11H2,1-3H3/t12-,13+/m1/s1. The molecule has 2 fully saturated rings. The lowest BCUT2D eigenvalue weighted by atomic mass is 9.85. The molecule has 19 heavy (non-hydrogen) atoms. The van der Waals surface area contributed by atoms with E-state index in [1.54, 1.807) is 0 Å². The maximum Gasteiger partial charge on any atom is 0.409 e. The van der Waals surface area contributed by atoms with Gasteiger partial charge in [-0.2, -0.15) is 0 Å². The first-order chi connectivity index (χ1) is 8.96. The van der Waals surface area contributed by atoms with Crippen LogP contribution in [0.4, 0.5) is 4.79 Å². The molecule has 0 aromatic carbocycles. The fourth-order valence-electron chi connectivity index (χ4n) is 2.93. The summed E-state index contributed by atoms with van der Waals surface area (Å²) in [4.78, 5) is 13.9. The highest BCUT2D eigenvalue weighted by molar-refractivity contribution is 6.76. The molecule has 2 aliphatic heterocycles. The monoisotopic (exact) mass is 284 g/mol. The Morgan fingerprint density at radius 3 is 2.89 bits per heavy atom. The summed E-state index contributed by atoms with van der Waals surface area (Å²) in [5.41, 5.74) is 0. The average Bonchev–Trinajstić information content (AvgIpc) is 2.36. The highest BCUT2D eigenvalue weighted by Crippen LogP contribution is 2.25. The van der Waals surface area contributed by atoms with Crippen LogP contribution in [0.1, 0.15) is 19.3 Å². The van der Waals surface area contributed by atoms with Gasteiger partial charge in [-0.15, -0.1) is 0 Å². The van der Waals surface area contributed by atoms with Gasteiger partial charge < -0.3 is 15.0 Å². The molecule has 2 heterocycles. The van der Waals surface area contributed by atoms with Crippen molar-refractivity contribution in [1.82, 2.24) is 10.2 Å². The van der Waals surface area contributed by atoms with Crippen LogP contribution in [0.15, 0.2) is 0 Å². The van der Waals surface area contributed by atoms with E-state index in [0.717, 1.165) is 38.0 Å². The van der Waals surface area contributed by atoms with Crippen molar-refractivity contribution < 1.29 is 9.53 Å². The van der Waals surface area contributed by atoms with Gasteiger partial charge in [-0.1, -0.05) is 19.6 Å². The Labute approximate surface area is 117 Å². The largest absolute Gasteiger partial charge is 0.450 e. The van der Waals surface area contributed by atoms with Crippen LogP contribution in [-0.2, 0) is 4.74 Å². The minimum absolute atomic E-state index is 0.107. The Hall–Kier alpha value is -0.553. The maximum absolute atomic E-state index is 12.0. The number of rotatable bonds is 3. The van der Waals surface area contributed by atoms with E-state index in [1.165, 1.54) is 12.8 Å². The van der Waals surface area contributed by atoms with Crippen molar-refractivity contribution in [1.29, 1.82) is 0 Å². The lowest BCUT2D eigenvalue weighted by Crippen LogP contribution is -2.55. The number of piperidine rings is 2. The van der Waals surface area contributed by atoms with E-state index in [1.807, 2.05) is 4.90 Å². The molecule has 0 aromatic heterocycles. The number of nitrogens with zero attached hydrogens (tertiary/aromatic N) is 1. The van der Waals surface area contributed by atoms with Gasteiger partial charge in [-0.3, -0.25) is 0 Å². The number of hydrogen-bond acceptors (Lipinski definition) is 3. The minimum atomic E-state index is -1.11. The first-order valence-electron chi connectivity index (χ1n) is 7.61. The quantitative estimate of drug-likeness (QED) is 0.810. The highest BCUT2D eigenvalue weighted by atomic mass is 28.3. The fourth-order valence-corrected chi connectivity index (χ4v) is 3.65. The molecule has 0 saturated carbocycles. The molecule has 2 saturated heterocycles. The zero-order valence-corrected chi connectivity index (χ0v) is 13.6. The molecule has 0 radical (unpaired) electrons. The SMILES string of the molecule is C[Si](C)(C)CCOC(=O)N1CC[C@H]2CCCN[C@H]2C1. The van der Waals surface area contributed by atoms with E-state index in [-0.39, 0.29) is 6.09 Å². The Kier molecular flexibility index (Phi) is 4.90. The molecular weight excluding hydrogens is 256 g/mol. The third kappa shape index (κ3) is 4.49. The van der Waals surface area contributed by atoms with Gasteiger partial charge in [0, 0.05) is 27.2 Å². The third-order valence-electron chi connectivity index (χ3n) is 4.25. The van der Waals surface area contributed by atoms with Gasteiger partial charge >= 0.3 is 6.09 Å². The summed E-state index contributed by atoms with van der Waals surface area (Å²) in [6, 6.07) is 1.55. The Balaban J connectivity index is 1.74. The topological polar surface area (TPSA) is 41.6 Å². The molecule has 0 bridgehead atoms. The maximum atomic E-state index is 12.0. The van der Waals surface area contributed by atoms with Crippen molar-refractivity contribution in [2.45, 2.75) is 51.0 Å². The van der Waals surface area contributed by atoms with Crippen LogP contribution >= 0.6 is 0 Å². The number of fused-ring (bicyclic) bond motifs is 1. The Morgan fingerprint density at radius 1 is 1.37 bits per heavy atom. The summed E-state index contributed by atoms with van der Waals surface area (Å²) in [5, 5.41) is 3.54. The molecule has 1 amide bonds. The zero-order valence-electron chi connectivity index (χ0n) is 12.6. The predicted octanol–water partition coefficient (Wildman–Crippen LogP) is 2.54. The Bertz CT molecular complexity index is 317. The number of hydrogen-bond donors (Lipinski definition) is 1. The number of nitrogens with one attached hydrogen (secondary N) is 1. The zero-order chi connectivity index (χ0) is 13.9. The van der Waals surface area contributed by atoms with Gasteiger partial charge in [0.1, 0.15) is 0 Å². The molecule has 4 nitrogen and oxygen atoms in total. The van der Waals surface area contributed by atoms with E-state index < -0.39 is 8.07 Å². The van der Waals surface area contributed by atoms with Gasteiger partial charge in [0.2, 0.25) is 0 Å². The normalized spacial score (nSPS) is 27.8. The van der Waals surface area contributed by atoms with E-state index >= 15 is 0 Å². The van der Waals surface area contributed by atoms with Crippen molar-refractivity contribution in [3.63, 3.8) is 0 Å². The molecule has 0 aliphatic carbocycles. The number of ether oxygens (including phenoxy) is 1. The van der Waals surface area contributed by atoms with E-state index in [0.29, 0.717) is 12.6 Å². The summed E-state index contributed by atoms with van der Waals surface area (Å²) in [6.07, 6.45) is 3.61. The number of likely N-dealkylation sites (tertiary alicyclic amines) is 1. The van der Waals surface area contributed by atoms with Gasteiger partial charge in [-0.05, 0) is 37.8 Å². The van der Waals surface area contributed by atoms with E-state index in [4.69, 9.17) is 4.74 Å². The summed E-state index contributed by atoms with van der Waals surface area (Å²) in [6.45, 7) is 10.3. The second-order valence-electron chi connectivity index (χ2n) is 7.12. The molecule has 0 aromatic rings. The van der Waals surface area contributed by atoms with Crippen LogP contribution in [0.5, 0.6) is 0 Å². The summed E-state index contributed by atoms with van der Waals surface area (Å²) in [7, 11) is -1.11. The molecule has 0 unspecified atom stereocenters. The third-order valence-corrected chi connectivity index (χ3v) is 5.95. The van der Waals surface area contributed by atoms with Crippen molar-refractivity contribution in [3.8, 4) is 0 Å². The molecular formula is C14H28N2O2Si. The van der Waals surface area contributed by atoms with E-state index in [9.17, 15) is 4.79 Å². The highest BCUT2D eigenvalue weighted by Gasteiger charge is 2.33. The van der Waals surface area contributed by atoms with Crippen molar-refractivity contribution in [3.05, 3.63) is 0 Å². The second-order valence-corrected chi connectivity index (χ2v) is 12.7. The van der Waals surface area contributed by atoms with Gasteiger partial charge in [0.25, 0.3) is 0 Å².